The Morgan fingerprint density at radius 3 is 2.95 bits per heavy atom. The molecule has 0 spiro atoms. The van der Waals surface area contributed by atoms with Gasteiger partial charge in [0.15, 0.2) is 0 Å². The van der Waals surface area contributed by atoms with Crippen molar-refractivity contribution in [1.29, 1.82) is 0 Å². The first-order chi connectivity index (χ1) is 8.92. The van der Waals surface area contributed by atoms with Crippen molar-refractivity contribution in [1.82, 2.24) is 5.32 Å². The van der Waals surface area contributed by atoms with E-state index in [9.17, 15) is 9.90 Å². The summed E-state index contributed by atoms with van der Waals surface area (Å²) in [4.78, 5) is 12.0. The van der Waals surface area contributed by atoms with Crippen molar-refractivity contribution in [2.24, 2.45) is 0 Å². The van der Waals surface area contributed by atoms with Crippen LogP contribution in [0.25, 0.3) is 0 Å². The zero-order valence-electron chi connectivity index (χ0n) is 11.1. The number of hydrogen-bond acceptors (Lipinski definition) is 3. The van der Waals surface area contributed by atoms with Crippen LogP contribution in [0.3, 0.4) is 0 Å². The number of ether oxygens (including phenoxy) is 1. The van der Waals surface area contributed by atoms with E-state index < -0.39 is 5.60 Å². The first-order valence-corrected chi connectivity index (χ1v) is 7.10. The molecule has 0 aliphatic carbocycles. The standard InChI is InChI=1S/C14H18BrNO3/c1-9-7-11(3-4-12(9)15)13(17)16-8-14(18)5-6-19-10(14)2/h3-4,7,10,18H,5-6,8H2,1-2H3,(H,16,17). The molecule has 1 heterocycles. The van der Waals surface area contributed by atoms with Gasteiger partial charge >= 0.3 is 0 Å². The molecule has 1 aromatic rings. The van der Waals surface area contributed by atoms with E-state index in [1.165, 1.54) is 0 Å². The average Bonchev–Trinajstić information content (AvgIpc) is 2.71. The first-order valence-electron chi connectivity index (χ1n) is 6.31. The lowest BCUT2D eigenvalue weighted by atomic mass is 9.96. The predicted molar refractivity (Wildman–Crippen MR) is 76.2 cm³/mol. The summed E-state index contributed by atoms with van der Waals surface area (Å²) in [5, 5.41) is 13.1. The third-order valence-electron chi connectivity index (χ3n) is 3.63. The SMILES string of the molecule is Cc1cc(C(=O)NCC2(O)CCOC2C)ccc1Br. The Morgan fingerprint density at radius 1 is 1.63 bits per heavy atom. The van der Waals surface area contributed by atoms with Gasteiger partial charge in [0.1, 0.15) is 5.60 Å². The number of rotatable bonds is 3. The molecule has 0 radical (unpaired) electrons. The van der Waals surface area contributed by atoms with E-state index in [0.717, 1.165) is 10.0 Å². The highest BCUT2D eigenvalue weighted by Gasteiger charge is 2.39. The van der Waals surface area contributed by atoms with E-state index in [-0.39, 0.29) is 18.6 Å². The maximum Gasteiger partial charge on any atom is 0.251 e. The third kappa shape index (κ3) is 3.16. The van der Waals surface area contributed by atoms with Crippen molar-refractivity contribution >= 4 is 21.8 Å². The summed E-state index contributed by atoms with van der Waals surface area (Å²) in [5.41, 5.74) is 0.639. The molecule has 0 bridgehead atoms. The highest BCUT2D eigenvalue weighted by Crippen LogP contribution is 2.25. The molecule has 0 saturated carbocycles. The van der Waals surface area contributed by atoms with Gasteiger partial charge in [0.2, 0.25) is 0 Å². The summed E-state index contributed by atoms with van der Waals surface area (Å²) in [6.07, 6.45) is 0.299. The molecule has 104 valence electrons. The number of aryl methyl sites for hydroxylation is 1. The van der Waals surface area contributed by atoms with Crippen LogP contribution in [0.2, 0.25) is 0 Å². The zero-order chi connectivity index (χ0) is 14.0. The van der Waals surface area contributed by atoms with Gasteiger partial charge in [0.25, 0.3) is 5.91 Å². The van der Waals surface area contributed by atoms with Crippen LogP contribution in [-0.2, 0) is 4.74 Å². The van der Waals surface area contributed by atoms with Crippen LogP contribution in [0.4, 0.5) is 0 Å². The fourth-order valence-electron chi connectivity index (χ4n) is 2.12. The minimum Gasteiger partial charge on any atom is -0.385 e. The van der Waals surface area contributed by atoms with Crippen molar-refractivity contribution in [3.8, 4) is 0 Å². The minimum absolute atomic E-state index is 0.178. The molecule has 2 rings (SSSR count). The molecule has 2 atom stereocenters. The molecule has 1 aliphatic heterocycles. The fourth-order valence-corrected chi connectivity index (χ4v) is 2.37. The smallest absolute Gasteiger partial charge is 0.251 e. The zero-order valence-corrected chi connectivity index (χ0v) is 12.7. The fraction of sp³-hybridized carbons (Fsp3) is 0.500. The quantitative estimate of drug-likeness (QED) is 0.893. The lowest BCUT2D eigenvalue weighted by Gasteiger charge is -2.26. The lowest BCUT2D eigenvalue weighted by Crippen LogP contribution is -2.47. The Balaban J connectivity index is 1.99. The number of carbonyl (C=O) groups excluding carboxylic acids is 1. The molecule has 1 fully saturated rings. The Morgan fingerprint density at radius 2 is 2.37 bits per heavy atom. The number of carbonyl (C=O) groups is 1. The van der Waals surface area contributed by atoms with E-state index in [0.29, 0.717) is 18.6 Å². The van der Waals surface area contributed by atoms with Crippen molar-refractivity contribution in [2.75, 3.05) is 13.2 Å². The van der Waals surface area contributed by atoms with Crippen molar-refractivity contribution in [3.63, 3.8) is 0 Å². The average molecular weight is 328 g/mol. The summed E-state index contributed by atoms with van der Waals surface area (Å²) in [6.45, 7) is 4.50. The number of nitrogens with one attached hydrogen (secondary N) is 1. The van der Waals surface area contributed by atoms with Crippen molar-refractivity contribution < 1.29 is 14.6 Å². The molecule has 0 aromatic heterocycles. The van der Waals surface area contributed by atoms with Crippen LogP contribution in [0.5, 0.6) is 0 Å². The van der Waals surface area contributed by atoms with E-state index in [4.69, 9.17) is 4.74 Å². The second-order valence-corrected chi connectivity index (χ2v) is 5.87. The van der Waals surface area contributed by atoms with Crippen molar-refractivity contribution in [3.05, 3.63) is 33.8 Å². The van der Waals surface area contributed by atoms with E-state index in [2.05, 4.69) is 21.2 Å². The maximum absolute atomic E-state index is 12.0. The molecule has 2 N–H and O–H groups in total. The Bertz CT molecular complexity index is 492. The van der Waals surface area contributed by atoms with Crippen LogP contribution in [0.1, 0.15) is 29.3 Å². The van der Waals surface area contributed by atoms with Gasteiger partial charge in [-0.05, 0) is 37.6 Å². The van der Waals surface area contributed by atoms with Crippen LogP contribution in [0, 0.1) is 6.92 Å². The normalized spacial score (nSPS) is 26.4. The molecule has 1 saturated heterocycles. The minimum atomic E-state index is -0.958. The Labute approximate surface area is 121 Å². The summed E-state index contributed by atoms with van der Waals surface area (Å²) in [6, 6.07) is 5.42. The predicted octanol–water partition coefficient (Wildman–Crippen LogP) is 2.03. The van der Waals surface area contributed by atoms with Crippen LogP contribution in [-0.4, -0.2) is 35.9 Å². The molecule has 19 heavy (non-hydrogen) atoms. The number of amides is 1. The van der Waals surface area contributed by atoms with Gasteiger partial charge in [-0.2, -0.15) is 0 Å². The maximum atomic E-state index is 12.0. The molecule has 4 nitrogen and oxygen atoms in total. The number of benzene rings is 1. The van der Waals surface area contributed by atoms with E-state index >= 15 is 0 Å². The molecular weight excluding hydrogens is 310 g/mol. The van der Waals surface area contributed by atoms with E-state index in [1.807, 2.05) is 26.0 Å². The van der Waals surface area contributed by atoms with Gasteiger partial charge in [0.05, 0.1) is 6.10 Å². The highest BCUT2D eigenvalue weighted by molar-refractivity contribution is 9.10. The molecule has 1 aromatic carbocycles. The summed E-state index contributed by atoms with van der Waals surface area (Å²) in [5.74, 6) is -0.178. The topological polar surface area (TPSA) is 58.6 Å². The monoisotopic (exact) mass is 327 g/mol. The van der Waals surface area contributed by atoms with Gasteiger partial charge in [-0.3, -0.25) is 4.79 Å². The number of halogens is 1. The summed E-state index contributed by atoms with van der Waals surface area (Å²) < 4.78 is 6.31. The van der Waals surface area contributed by atoms with E-state index in [1.54, 1.807) is 6.07 Å². The van der Waals surface area contributed by atoms with Crippen LogP contribution < -0.4 is 5.32 Å². The number of hydrogen-bond donors (Lipinski definition) is 2. The second-order valence-electron chi connectivity index (χ2n) is 5.01. The second kappa shape index (κ2) is 5.61. The molecule has 2 unspecified atom stereocenters. The van der Waals surface area contributed by atoms with Crippen LogP contribution in [0.15, 0.2) is 22.7 Å². The van der Waals surface area contributed by atoms with Crippen molar-refractivity contribution in [2.45, 2.75) is 32.0 Å². The lowest BCUT2D eigenvalue weighted by molar-refractivity contribution is -0.0251. The highest BCUT2D eigenvalue weighted by atomic mass is 79.9. The Kier molecular flexibility index (Phi) is 4.28. The molecule has 5 heteroatoms. The van der Waals surface area contributed by atoms with Crippen LogP contribution >= 0.6 is 15.9 Å². The Hall–Kier alpha value is -0.910. The molecular formula is C14H18BrNO3. The van der Waals surface area contributed by atoms with Gasteiger partial charge in [-0.1, -0.05) is 15.9 Å². The third-order valence-corrected chi connectivity index (χ3v) is 4.52. The molecule has 1 aliphatic rings. The number of aliphatic hydroxyl groups is 1. The van der Waals surface area contributed by atoms with Gasteiger partial charge in [0, 0.05) is 29.6 Å². The van der Waals surface area contributed by atoms with Gasteiger partial charge < -0.3 is 15.2 Å². The summed E-state index contributed by atoms with van der Waals surface area (Å²) in [7, 11) is 0. The first kappa shape index (κ1) is 14.5. The largest absolute Gasteiger partial charge is 0.385 e. The van der Waals surface area contributed by atoms with Gasteiger partial charge in [-0.25, -0.2) is 0 Å². The van der Waals surface area contributed by atoms with Gasteiger partial charge in [-0.15, -0.1) is 0 Å². The molecule has 1 amide bonds. The summed E-state index contributed by atoms with van der Waals surface area (Å²) >= 11 is 3.40.